The third-order valence-electron chi connectivity index (χ3n) is 12.2. The molecule has 9 atom stereocenters. The predicted molar refractivity (Wildman–Crippen MR) is 188 cm³/mol. The van der Waals surface area contributed by atoms with Crippen LogP contribution in [0.2, 0.25) is 0 Å². The van der Waals surface area contributed by atoms with Crippen molar-refractivity contribution in [2.75, 3.05) is 27.0 Å². The van der Waals surface area contributed by atoms with E-state index in [9.17, 15) is 29.4 Å². The van der Waals surface area contributed by atoms with Crippen molar-refractivity contribution in [3.63, 3.8) is 0 Å². The van der Waals surface area contributed by atoms with Crippen molar-refractivity contribution in [2.45, 2.75) is 97.3 Å². The number of benzene rings is 1. The Morgan fingerprint density at radius 2 is 1.85 bits per heavy atom. The first-order valence-corrected chi connectivity index (χ1v) is 18.3. The molecule has 292 valence electrons. The smallest absolute Gasteiger partial charge is 0.493 e. The Morgan fingerprint density at radius 3 is 2.49 bits per heavy atom. The van der Waals surface area contributed by atoms with Gasteiger partial charge in [0.25, 0.3) is 0 Å². The van der Waals surface area contributed by atoms with Gasteiger partial charge in [0.1, 0.15) is 18.4 Å². The van der Waals surface area contributed by atoms with E-state index in [0.717, 1.165) is 0 Å². The van der Waals surface area contributed by atoms with Gasteiger partial charge in [-0.15, -0.1) is 0 Å². The number of aliphatic hydroxyl groups excluding tert-OH is 1. The number of halogens is 2. The molecule has 0 heterocycles. The van der Waals surface area contributed by atoms with Crippen LogP contribution in [0.1, 0.15) is 84.0 Å². The summed E-state index contributed by atoms with van der Waals surface area (Å²) in [6.45, 7) is 8.75. The Morgan fingerprint density at radius 1 is 1.13 bits per heavy atom. The number of rotatable bonds is 12. The number of methoxy groups -OCH3 is 1. The van der Waals surface area contributed by atoms with Gasteiger partial charge in [-0.1, -0.05) is 33.8 Å². The van der Waals surface area contributed by atoms with E-state index in [0.29, 0.717) is 18.8 Å². The molecule has 1 aromatic carbocycles. The summed E-state index contributed by atoms with van der Waals surface area (Å²) in [6.07, 6.45) is 0.811. The lowest BCUT2D eigenvalue weighted by atomic mass is 9.51. The molecule has 0 amide bonds. The minimum Gasteiger partial charge on any atom is -0.493 e. The number of hydrogen-bond donors (Lipinski definition) is 2. The molecule has 0 spiro atoms. The highest BCUT2D eigenvalue weighted by Crippen LogP contribution is 2.67. The fraction of sp³-hybridized carbons (Fsp3) is 0.650. The van der Waals surface area contributed by atoms with Crippen LogP contribution in [0.4, 0.5) is 13.6 Å². The van der Waals surface area contributed by atoms with Crippen LogP contribution >= 0.6 is 0 Å². The average molecular weight is 747 g/mol. The van der Waals surface area contributed by atoms with Crippen LogP contribution in [0.15, 0.2) is 42.0 Å². The maximum atomic E-state index is 16.3. The molecule has 1 aromatic rings. The van der Waals surface area contributed by atoms with Crippen LogP contribution in [0, 0.1) is 40.4 Å². The largest absolute Gasteiger partial charge is 0.514 e. The molecule has 4 aliphatic carbocycles. The molecule has 53 heavy (non-hydrogen) atoms. The van der Waals surface area contributed by atoms with Crippen LogP contribution in [0.5, 0.6) is 11.5 Å². The summed E-state index contributed by atoms with van der Waals surface area (Å²) in [4.78, 5) is 52.1. The van der Waals surface area contributed by atoms with Crippen LogP contribution in [-0.4, -0.2) is 84.6 Å². The Balaban J connectivity index is 1.37. The van der Waals surface area contributed by atoms with Gasteiger partial charge in [-0.2, -0.15) is 0 Å². The summed E-state index contributed by atoms with van der Waals surface area (Å²) in [7, 11) is 1.32. The van der Waals surface area contributed by atoms with Crippen LogP contribution in [0.3, 0.4) is 0 Å². The summed E-state index contributed by atoms with van der Waals surface area (Å²) in [6, 6.07) is 4.08. The third kappa shape index (κ3) is 7.53. The molecule has 11 nitrogen and oxygen atoms in total. The number of alkyl halides is 2. The topological polar surface area (TPSA) is 155 Å². The maximum Gasteiger partial charge on any atom is 0.514 e. The van der Waals surface area contributed by atoms with Gasteiger partial charge in [-0.25, -0.2) is 18.4 Å². The summed E-state index contributed by atoms with van der Waals surface area (Å²) < 4.78 is 58.7. The minimum atomic E-state index is -1.84. The minimum absolute atomic E-state index is 0.0000967. The van der Waals surface area contributed by atoms with E-state index in [1.165, 1.54) is 57.4 Å². The van der Waals surface area contributed by atoms with Crippen molar-refractivity contribution in [3.05, 3.63) is 47.6 Å². The van der Waals surface area contributed by atoms with E-state index in [-0.39, 0.29) is 48.5 Å². The molecule has 0 aromatic heterocycles. The normalized spacial score (nSPS) is 33.6. The van der Waals surface area contributed by atoms with E-state index >= 15 is 8.78 Å². The van der Waals surface area contributed by atoms with Gasteiger partial charge in [0, 0.05) is 10.8 Å². The molecule has 9 unspecified atom stereocenters. The first-order valence-electron chi connectivity index (χ1n) is 18.3. The number of carbonyl (C=O) groups excluding carboxylic acids is 4. The summed E-state index contributed by atoms with van der Waals surface area (Å²) in [5.41, 5.74) is -4.12. The number of ketones is 2. The van der Waals surface area contributed by atoms with Crippen LogP contribution in [-0.2, 0) is 23.8 Å². The lowest BCUT2D eigenvalue weighted by molar-refractivity contribution is -0.277. The van der Waals surface area contributed by atoms with E-state index in [4.69, 9.17) is 23.7 Å². The van der Waals surface area contributed by atoms with Crippen molar-refractivity contribution in [1.82, 2.24) is 0 Å². The lowest BCUT2D eigenvalue weighted by Crippen LogP contribution is -2.63. The van der Waals surface area contributed by atoms with Crippen molar-refractivity contribution in [3.8, 4) is 11.5 Å². The van der Waals surface area contributed by atoms with Gasteiger partial charge in [0.05, 0.1) is 25.4 Å². The molecule has 0 radical (unpaired) electrons. The van der Waals surface area contributed by atoms with Crippen LogP contribution < -0.4 is 9.47 Å². The quantitative estimate of drug-likeness (QED) is 0.141. The Kier molecular flexibility index (Phi) is 11.6. The average Bonchev–Trinajstić information content (AvgIpc) is 3.32. The van der Waals surface area contributed by atoms with Gasteiger partial charge in [0.15, 0.2) is 29.7 Å². The molecule has 0 aliphatic heterocycles. The second-order valence-corrected chi connectivity index (χ2v) is 16.2. The summed E-state index contributed by atoms with van der Waals surface area (Å²) in [5.74, 6) is -5.36. The zero-order valence-electron chi connectivity index (χ0n) is 31.5. The van der Waals surface area contributed by atoms with Crippen molar-refractivity contribution < 1.29 is 61.9 Å². The molecule has 2 N–H and O–H groups in total. The second kappa shape index (κ2) is 15.2. The highest BCUT2D eigenvalue weighted by Gasteiger charge is 2.70. The maximum absolute atomic E-state index is 16.3. The molecule has 0 saturated heterocycles. The Labute approximate surface area is 309 Å². The predicted octanol–water partition coefficient (Wildman–Crippen LogP) is 6.28. The number of carbonyl (C=O) groups is 4. The zero-order valence-corrected chi connectivity index (χ0v) is 31.5. The Bertz CT molecular complexity index is 1650. The molecule has 0 bridgehead atoms. The number of Topliss-reactive ketones (excluding diaryl/α,β-unsaturated/α-hetero) is 1. The number of allylic oxidation sites excluding steroid dienone is 4. The van der Waals surface area contributed by atoms with E-state index < -0.39 is 95.1 Å². The van der Waals surface area contributed by atoms with E-state index in [1.54, 1.807) is 13.8 Å². The number of ether oxygens (including phenoxy) is 5. The summed E-state index contributed by atoms with van der Waals surface area (Å²) in [5, 5.41) is 22.8. The number of esters is 1. The zero-order chi connectivity index (χ0) is 39.1. The Hall–Kier alpha value is -3.68. The second-order valence-electron chi connectivity index (χ2n) is 16.2. The summed E-state index contributed by atoms with van der Waals surface area (Å²) >= 11 is 0. The van der Waals surface area contributed by atoms with E-state index in [1.807, 2.05) is 13.8 Å². The molecule has 13 heteroatoms. The van der Waals surface area contributed by atoms with Crippen molar-refractivity contribution in [2.24, 2.45) is 40.4 Å². The molecule has 5 rings (SSSR count). The SMILES string of the molecule is COc1cc(C(=O)OCCC(C)C)ccc1OC(=O)OCC(=O)C1(OC(C)(C)O)CCC2C3CC(F)C4=CC(=O)C=CC4(CF)C(C)C3C(O)CC21C. The highest BCUT2D eigenvalue weighted by atomic mass is 19.1. The van der Waals surface area contributed by atoms with Gasteiger partial charge in [-0.3, -0.25) is 9.59 Å². The first kappa shape index (κ1) is 40.5. The van der Waals surface area contributed by atoms with Crippen molar-refractivity contribution in [1.29, 1.82) is 0 Å². The molecule has 4 aliphatic rings. The fourth-order valence-corrected chi connectivity index (χ4v) is 9.65. The van der Waals surface area contributed by atoms with Crippen LogP contribution in [0.25, 0.3) is 0 Å². The lowest BCUT2D eigenvalue weighted by Gasteiger charge is -2.56. The fourth-order valence-electron chi connectivity index (χ4n) is 9.65. The molecule has 3 saturated carbocycles. The van der Waals surface area contributed by atoms with Gasteiger partial charge in [0.2, 0.25) is 5.78 Å². The van der Waals surface area contributed by atoms with Gasteiger partial charge in [-0.05, 0) is 111 Å². The number of hydrogen-bond acceptors (Lipinski definition) is 11. The molecule has 3 fully saturated rings. The monoisotopic (exact) mass is 746 g/mol. The molecular weight excluding hydrogens is 694 g/mol. The number of fused-ring (bicyclic) bond motifs is 4. The van der Waals surface area contributed by atoms with Crippen molar-refractivity contribution >= 4 is 23.7 Å². The first-order chi connectivity index (χ1) is 24.8. The highest BCUT2D eigenvalue weighted by molar-refractivity contribution is 6.01. The molecular formula is C40H52F2O11. The standard InChI is InChI=1S/C40H52F2O11/c1-22(2)12-15-50-35(46)24-8-9-31(32(16-24)49-7)52-36(47)51-20-33(45)40(53-37(4,5)48)14-11-27-26-18-29(42)28-17-25(43)10-13-39(28,21-41)23(3)34(26)30(44)19-38(27,40)6/h8-10,13,16-17,22-23,26-27,29-30,34,44,48H,11-12,14-15,18-21H2,1-7H3. The van der Waals surface area contributed by atoms with Gasteiger partial charge < -0.3 is 33.9 Å². The van der Waals surface area contributed by atoms with E-state index in [2.05, 4.69) is 0 Å². The number of aliphatic hydroxyl groups is 2. The third-order valence-corrected chi connectivity index (χ3v) is 12.2. The van der Waals surface area contributed by atoms with Gasteiger partial charge >= 0.3 is 12.1 Å².